The van der Waals surface area contributed by atoms with Crippen LogP contribution >= 0.6 is 0 Å². The molecule has 1 N–H and O–H groups in total. The van der Waals surface area contributed by atoms with Crippen LogP contribution in [0.2, 0.25) is 0 Å². The summed E-state index contributed by atoms with van der Waals surface area (Å²) < 4.78 is 12.6. The zero-order valence-corrected chi connectivity index (χ0v) is 8.46. The van der Waals surface area contributed by atoms with Gasteiger partial charge < -0.3 is 4.84 Å². The van der Waals surface area contributed by atoms with Crippen molar-refractivity contribution in [1.82, 2.24) is 10.5 Å². The third-order valence-electron chi connectivity index (χ3n) is 1.89. The standard InChI is InChI=1S/C10H15FN2O/c1-3-9(13-14-4-2)10-6-5-8(11)7-12-10/h5-7,9,13H,3-4H2,1-2H3. The normalized spacial score (nSPS) is 12.8. The molecule has 1 atom stereocenters. The number of hydrogen-bond acceptors (Lipinski definition) is 3. The van der Waals surface area contributed by atoms with E-state index in [1.54, 1.807) is 6.07 Å². The Morgan fingerprint density at radius 2 is 2.29 bits per heavy atom. The van der Waals surface area contributed by atoms with Gasteiger partial charge in [0, 0.05) is 0 Å². The van der Waals surface area contributed by atoms with Gasteiger partial charge in [0.15, 0.2) is 0 Å². The van der Waals surface area contributed by atoms with Crippen LogP contribution in [-0.4, -0.2) is 11.6 Å². The monoisotopic (exact) mass is 198 g/mol. The van der Waals surface area contributed by atoms with Crippen molar-refractivity contribution < 1.29 is 9.23 Å². The molecule has 0 aliphatic carbocycles. The van der Waals surface area contributed by atoms with E-state index in [9.17, 15) is 4.39 Å². The first kappa shape index (κ1) is 11.1. The summed E-state index contributed by atoms with van der Waals surface area (Å²) in [6.07, 6.45) is 2.06. The van der Waals surface area contributed by atoms with Crippen LogP contribution in [0.3, 0.4) is 0 Å². The number of nitrogens with one attached hydrogen (secondary N) is 1. The van der Waals surface area contributed by atoms with Crippen LogP contribution in [0.5, 0.6) is 0 Å². The topological polar surface area (TPSA) is 34.1 Å². The largest absolute Gasteiger partial charge is 0.301 e. The van der Waals surface area contributed by atoms with E-state index in [-0.39, 0.29) is 11.9 Å². The van der Waals surface area contributed by atoms with Gasteiger partial charge in [-0.25, -0.2) is 4.39 Å². The van der Waals surface area contributed by atoms with Gasteiger partial charge in [-0.05, 0) is 25.5 Å². The zero-order valence-electron chi connectivity index (χ0n) is 8.46. The van der Waals surface area contributed by atoms with Crippen LogP contribution in [-0.2, 0) is 4.84 Å². The molecule has 1 heterocycles. The van der Waals surface area contributed by atoms with Gasteiger partial charge >= 0.3 is 0 Å². The summed E-state index contributed by atoms with van der Waals surface area (Å²) in [5, 5.41) is 0. The first-order valence-electron chi connectivity index (χ1n) is 4.76. The minimum atomic E-state index is -0.319. The molecular formula is C10H15FN2O. The lowest BCUT2D eigenvalue weighted by molar-refractivity contribution is 0.0220. The Morgan fingerprint density at radius 3 is 2.79 bits per heavy atom. The molecule has 0 spiro atoms. The van der Waals surface area contributed by atoms with Crippen LogP contribution in [0.25, 0.3) is 0 Å². The predicted octanol–water partition coefficient (Wildman–Crippen LogP) is 2.21. The molecule has 4 heteroatoms. The second-order valence-corrected chi connectivity index (χ2v) is 2.91. The van der Waals surface area contributed by atoms with Crippen LogP contribution in [0.15, 0.2) is 18.3 Å². The smallest absolute Gasteiger partial charge is 0.141 e. The zero-order chi connectivity index (χ0) is 10.4. The fourth-order valence-corrected chi connectivity index (χ4v) is 1.13. The lowest BCUT2D eigenvalue weighted by Crippen LogP contribution is -2.21. The minimum Gasteiger partial charge on any atom is -0.301 e. The maximum atomic E-state index is 12.6. The SMILES string of the molecule is CCONC(CC)c1ccc(F)cn1. The van der Waals surface area contributed by atoms with E-state index in [1.165, 1.54) is 12.3 Å². The van der Waals surface area contributed by atoms with E-state index in [0.29, 0.717) is 6.61 Å². The number of nitrogens with zero attached hydrogens (tertiary/aromatic N) is 1. The molecule has 0 aliphatic rings. The third kappa shape index (κ3) is 3.05. The van der Waals surface area contributed by atoms with Gasteiger partial charge in [-0.15, -0.1) is 0 Å². The Bertz CT molecular complexity index is 263. The van der Waals surface area contributed by atoms with Crippen molar-refractivity contribution in [3.63, 3.8) is 0 Å². The van der Waals surface area contributed by atoms with Crippen molar-refractivity contribution in [3.05, 3.63) is 29.8 Å². The van der Waals surface area contributed by atoms with Crippen LogP contribution in [0.4, 0.5) is 4.39 Å². The molecule has 0 aromatic carbocycles. The number of pyridine rings is 1. The molecule has 0 saturated heterocycles. The molecular weight excluding hydrogens is 183 g/mol. The number of rotatable bonds is 5. The van der Waals surface area contributed by atoms with Crippen molar-refractivity contribution in [2.45, 2.75) is 26.3 Å². The van der Waals surface area contributed by atoms with Crippen LogP contribution in [0.1, 0.15) is 32.0 Å². The van der Waals surface area contributed by atoms with Gasteiger partial charge in [0.25, 0.3) is 0 Å². The lowest BCUT2D eigenvalue weighted by atomic mass is 10.1. The molecule has 78 valence electrons. The number of aromatic nitrogens is 1. The van der Waals surface area contributed by atoms with Crippen molar-refractivity contribution in [2.75, 3.05) is 6.61 Å². The van der Waals surface area contributed by atoms with Crippen LogP contribution in [0, 0.1) is 5.82 Å². The van der Waals surface area contributed by atoms with Crippen molar-refractivity contribution in [3.8, 4) is 0 Å². The Balaban J connectivity index is 2.64. The Morgan fingerprint density at radius 1 is 1.50 bits per heavy atom. The number of halogens is 1. The highest BCUT2D eigenvalue weighted by Gasteiger charge is 2.09. The fraction of sp³-hybridized carbons (Fsp3) is 0.500. The quantitative estimate of drug-likeness (QED) is 0.736. The third-order valence-corrected chi connectivity index (χ3v) is 1.89. The van der Waals surface area contributed by atoms with Crippen LogP contribution < -0.4 is 5.48 Å². The highest BCUT2D eigenvalue weighted by Crippen LogP contribution is 2.13. The average molecular weight is 198 g/mol. The van der Waals surface area contributed by atoms with Gasteiger partial charge in [0.1, 0.15) is 5.82 Å². The van der Waals surface area contributed by atoms with Gasteiger partial charge in [0.05, 0.1) is 24.5 Å². The summed E-state index contributed by atoms with van der Waals surface area (Å²) in [6.45, 7) is 4.51. The van der Waals surface area contributed by atoms with Gasteiger partial charge in [-0.3, -0.25) is 4.98 Å². The Labute approximate surface area is 83.3 Å². The summed E-state index contributed by atoms with van der Waals surface area (Å²) in [7, 11) is 0. The second kappa shape index (κ2) is 5.67. The van der Waals surface area contributed by atoms with E-state index < -0.39 is 0 Å². The predicted molar refractivity (Wildman–Crippen MR) is 52.0 cm³/mol. The van der Waals surface area contributed by atoms with Crippen molar-refractivity contribution in [1.29, 1.82) is 0 Å². The summed E-state index contributed by atoms with van der Waals surface area (Å²) >= 11 is 0. The second-order valence-electron chi connectivity index (χ2n) is 2.91. The molecule has 1 aromatic heterocycles. The Hall–Kier alpha value is -1.00. The fourth-order valence-electron chi connectivity index (χ4n) is 1.13. The molecule has 1 unspecified atom stereocenters. The molecule has 0 bridgehead atoms. The summed E-state index contributed by atoms with van der Waals surface area (Å²) in [5.74, 6) is -0.319. The average Bonchev–Trinajstić information content (AvgIpc) is 2.21. The molecule has 3 nitrogen and oxygen atoms in total. The highest BCUT2D eigenvalue weighted by molar-refractivity contribution is 5.09. The summed E-state index contributed by atoms with van der Waals surface area (Å²) in [6, 6.07) is 3.09. The molecule has 0 radical (unpaired) electrons. The van der Waals surface area contributed by atoms with E-state index >= 15 is 0 Å². The summed E-state index contributed by atoms with van der Waals surface area (Å²) in [4.78, 5) is 9.07. The van der Waals surface area contributed by atoms with Gasteiger partial charge in [0.2, 0.25) is 0 Å². The Kier molecular flexibility index (Phi) is 4.49. The number of hydrogen-bond donors (Lipinski definition) is 1. The maximum Gasteiger partial charge on any atom is 0.141 e. The highest BCUT2D eigenvalue weighted by atomic mass is 19.1. The van der Waals surface area contributed by atoms with E-state index in [2.05, 4.69) is 10.5 Å². The van der Waals surface area contributed by atoms with E-state index in [1.807, 2.05) is 13.8 Å². The minimum absolute atomic E-state index is 0.0237. The lowest BCUT2D eigenvalue weighted by Gasteiger charge is -2.15. The molecule has 0 fully saturated rings. The van der Waals surface area contributed by atoms with Crippen molar-refractivity contribution in [2.24, 2.45) is 0 Å². The molecule has 0 saturated carbocycles. The van der Waals surface area contributed by atoms with Gasteiger partial charge in [-0.2, -0.15) is 5.48 Å². The first-order valence-corrected chi connectivity index (χ1v) is 4.76. The van der Waals surface area contributed by atoms with Crippen molar-refractivity contribution >= 4 is 0 Å². The molecule has 14 heavy (non-hydrogen) atoms. The molecule has 1 rings (SSSR count). The molecule has 1 aromatic rings. The molecule has 0 amide bonds. The van der Waals surface area contributed by atoms with E-state index in [0.717, 1.165) is 12.1 Å². The number of hydroxylamine groups is 1. The summed E-state index contributed by atoms with van der Waals surface area (Å²) in [5.41, 5.74) is 3.66. The molecule has 0 aliphatic heterocycles. The maximum absolute atomic E-state index is 12.6. The van der Waals surface area contributed by atoms with E-state index in [4.69, 9.17) is 4.84 Å². The first-order chi connectivity index (χ1) is 6.77. The van der Waals surface area contributed by atoms with Gasteiger partial charge in [-0.1, -0.05) is 6.92 Å².